The molecule has 0 radical (unpaired) electrons. The molecule has 4 atom stereocenters. The van der Waals surface area contributed by atoms with E-state index in [0.717, 1.165) is 0 Å². The van der Waals surface area contributed by atoms with Gasteiger partial charge in [-0.25, -0.2) is 0 Å². The third-order valence-electron chi connectivity index (χ3n) is 2.80. The fraction of sp³-hybridized carbons (Fsp3) is 0.556. The van der Waals surface area contributed by atoms with Crippen LogP contribution in [-0.4, -0.2) is 50.1 Å². The Morgan fingerprint density at radius 3 is 2.65 bits per heavy atom. The van der Waals surface area contributed by atoms with Crippen molar-refractivity contribution in [2.45, 2.75) is 24.4 Å². The van der Waals surface area contributed by atoms with Gasteiger partial charge in [0.2, 0.25) is 0 Å². The highest BCUT2D eigenvalue weighted by molar-refractivity contribution is 5.40. The predicted octanol–water partition coefficient (Wildman–Crippen LogP) is -0.923. The van der Waals surface area contributed by atoms with Crippen LogP contribution >= 0.6 is 0 Å². The number of aliphatic hydroxyl groups excluding tert-OH is 3. The van der Waals surface area contributed by atoms with E-state index in [4.69, 9.17) is 9.84 Å². The lowest BCUT2D eigenvalue weighted by Crippen LogP contribution is -2.32. The zero-order chi connectivity index (χ0) is 12.6. The second-order valence-corrected chi connectivity index (χ2v) is 3.81. The van der Waals surface area contributed by atoms with Gasteiger partial charge in [0, 0.05) is 6.20 Å². The molecule has 0 amide bonds. The molecule has 8 nitrogen and oxygen atoms in total. The summed E-state index contributed by atoms with van der Waals surface area (Å²) < 4.78 is 5.20. The molecule has 1 fully saturated rings. The molecule has 4 N–H and O–H groups in total. The maximum Gasteiger partial charge on any atom is 0.292 e. The Morgan fingerprint density at radius 2 is 2.12 bits per heavy atom. The van der Waals surface area contributed by atoms with Crippen molar-refractivity contribution < 1.29 is 25.0 Å². The summed E-state index contributed by atoms with van der Waals surface area (Å²) in [7, 11) is 0. The molecule has 0 bridgehead atoms. The summed E-state index contributed by atoms with van der Waals surface area (Å²) in [4.78, 5) is 12.7. The zero-order valence-corrected chi connectivity index (χ0v) is 8.68. The van der Waals surface area contributed by atoms with Crippen LogP contribution in [0.1, 0.15) is 11.7 Å². The van der Waals surface area contributed by atoms with Crippen molar-refractivity contribution in [3.05, 3.63) is 28.1 Å². The standard InChI is InChI=1S/C9H12N2O6/c12-3-6-7(13)8(14)9(17-6)4-1-10-2-5(4)11(15)16/h1-2,6-10,12-14H,3H2/t6-,7-,8-,9+/m1/s1. The van der Waals surface area contributed by atoms with Gasteiger partial charge in [-0.3, -0.25) is 10.1 Å². The summed E-state index contributed by atoms with van der Waals surface area (Å²) in [5.41, 5.74) is -0.0719. The third-order valence-corrected chi connectivity index (χ3v) is 2.80. The summed E-state index contributed by atoms with van der Waals surface area (Å²) in [6.07, 6.45) is -2.03. The molecule has 2 rings (SSSR count). The maximum absolute atomic E-state index is 10.7. The number of aromatic nitrogens is 1. The minimum atomic E-state index is -1.30. The van der Waals surface area contributed by atoms with E-state index in [1.807, 2.05) is 0 Å². The van der Waals surface area contributed by atoms with Crippen LogP contribution in [0, 0.1) is 10.1 Å². The van der Waals surface area contributed by atoms with E-state index in [9.17, 15) is 20.3 Å². The average molecular weight is 244 g/mol. The molecule has 2 heterocycles. The van der Waals surface area contributed by atoms with Crippen LogP contribution < -0.4 is 0 Å². The van der Waals surface area contributed by atoms with E-state index in [1.165, 1.54) is 12.4 Å². The monoisotopic (exact) mass is 244 g/mol. The van der Waals surface area contributed by atoms with Crippen LogP contribution in [0.2, 0.25) is 0 Å². The molecule has 94 valence electrons. The lowest BCUT2D eigenvalue weighted by molar-refractivity contribution is -0.386. The molecule has 1 aromatic heterocycles. The van der Waals surface area contributed by atoms with Crippen molar-refractivity contribution in [3.63, 3.8) is 0 Å². The number of aliphatic hydroxyl groups is 3. The van der Waals surface area contributed by atoms with E-state index in [-0.39, 0.29) is 11.3 Å². The van der Waals surface area contributed by atoms with Gasteiger partial charge in [0.15, 0.2) is 0 Å². The van der Waals surface area contributed by atoms with Crippen molar-refractivity contribution >= 4 is 5.69 Å². The first-order valence-corrected chi connectivity index (χ1v) is 4.99. The fourth-order valence-corrected chi connectivity index (χ4v) is 1.91. The molecule has 0 aromatic carbocycles. The Bertz CT molecular complexity index is 419. The van der Waals surface area contributed by atoms with Crippen LogP contribution in [0.15, 0.2) is 12.4 Å². The van der Waals surface area contributed by atoms with Crippen molar-refractivity contribution in [1.82, 2.24) is 4.98 Å². The van der Waals surface area contributed by atoms with Crippen LogP contribution in [-0.2, 0) is 4.74 Å². The molecular formula is C9H12N2O6. The highest BCUT2D eigenvalue weighted by Crippen LogP contribution is 2.37. The van der Waals surface area contributed by atoms with E-state index in [1.54, 1.807) is 0 Å². The number of hydrogen-bond donors (Lipinski definition) is 4. The number of H-pyrrole nitrogens is 1. The van der Waals surface area contributed by atoms with E-state index in [0.29, 0.717) is 0 Å². The lowest BCUT2D eigenvalue weighted by Gasteiger charge is -2.12. The van der Waals surface area contributed by atoms with E-state index >= 15 is 0 Å². The van der Waals surface area contributed by atoms with Gasteiger partial charge in [0.1, 0.15) is 24.4 Å². The van der Waals surface area contributed by atoms with Crippen LogP contribution in [0.3, 0.4) is 0 Å². The summed E-state index contributed by atoms with van der Waals surface area (Å²) in [6.45, 7) is -0.465. The Morgan fingerprint density at radius 1 is 1.41 bits per heavy atom. The van der Waals surface area contributed by atoms with Gasteiger partial charge in [0.25, 0.3) is 5.69 Å². The molecule has 0 aliphatic carbocycles. The van der Waals surface area contributed by atoms with Gasteiger partial charge in [-0.05, 0) is 0 Å². The van der Waals surface area contributed by atoms with E-state index < -0.39 is 35.9 Å². The largest absolute Gasteiger partial charge is 0.394 e. The van der Waals surface area contributed by atoms with Crippen LogP contribution in [0.5, 0.6) is 0 Å². The summed E-state index contributed by atoms with van der Waals surface area (Å²) in [6, 6.07) is 0. The Labute approximate surface area is 95.6 Å². The van der Waals surface area contributed by atoms with Crippen molar-refractivity contribution in [3.8, 4) is 0 Å². The fourth-order valence-electron chi connectivity index (χ4n) is 1.91. The number of aromatic amines is 1. The molecule has 1 saturated heterocycles. The smallest absolute Gasteiger partial charge is 0.292 e. The van der Waals surface area contributed by atoms with Crippen molar-refractivity contribution in [1.29, 1.82) is 0 Å². The zero-order valence-electron chi connectivity index (χ0n) is 8.68. The topological polar surface area (TPSA) is 129 Å². The molecular weight excluding hydrogens is 232 g/mol. The number of nitrogens with one attached hydrogen (secondary N) is 1. The Kier molecular flexibility index (Phi) is 3.11. The minimum absolute atomic E-state index is 0.150. The summed E-state index contributed by atoms with van der Waals surface area (Å²) in [5.74, 6) is 0. The number of nitrogens with zero attached hydrogens (tertiary/aromatic N) is 1. The van der Waals surface area contributed by atoms with Crippen LogP contribution in [0.4, 0.5) is 5.69 Å². The molecule has 8 heteroatoms. The molecule has 0 spiro atoms. The van der Waals surface area contributed by atoms with Crippen molar-refractivity contribution in [2.75, 3.05) is 6.61 Å². The van der Waals surface area contributed by atoms with Crippen LogP contribution in [0.25, 0.3) is 0 Å². The normalized spacial score (nSPS) is 32.9. The Hall–Kier alpha value is -1.48. The highest BCUT2D eigenvalue weighted by atomic mass is 16.6. The highest BCUT2D eigenvalue weighted by Gasteiger charge is 2.45. The third kappa shape index (κ3) is 1.91. The number of rotatable bonds is 3. The lowest BCUT2D eigenvalue weighted by atomic mass is 10.0. The molecule has 1 aromatic rings. The quantitative estimate of drug-likeness (QED) is 0.402. The minimum Gasteiger partial charge on any atom is -0.394 e. The van der Waals surface area contributed by atoms with E-state index in [2.05, 4.69) is 4.98 Å². The summed E-state index contributed by atoms with van der Waals surface area (Å²) in [5, 5.41) is 38.9. The van der Waals surface area contributed by atoms with Gasteiger partial charge in [-0.2, -0.15) is 0 Å². The number of hydrogen-bond acceptors (Lipinski definition) is 6. The first-order chi connectivity index (χ1) is 8.06. The van der Waals surface area contributed by atoms with Crippen molar-refractivity contribution in [2.24, 2.45) is 0 Å². The predicted molar refractivity (Wildman–Crippen MR) is 54.2 cm³/mol. The van der Waals surface area contributed by atoms with Gasteiger partial charge in [-0.1, -0.05) is 0 Å². The number of ether oxygens (including phenoxy) is 1. The van der Waals surface area contributed by atoms with Gasteiger partial charge in [0.05, 0.1) is 23.3 Å². The van der Waals surface area contributed by atoms with Gasteiger partial charge in [-0.15, -0.1) is 0 Å². The Balaban J connectivity index is 2.29. The summed E-state index contributed by atoms with van der Waals surface area (Å²) >= 11 is 0. The first kappa shape index (κ1) is 12.0. The second-order valence-electron chi connectivity index (χ2n) is 3.81. The molecule has 0 unspecified atom stereocenters. The van der Waals surface area contributed by atoms with Gasteiger partial charge >= 0.3 is 0 Å². The molecule has 1 aliphatic rings. The molecule has 1 aliphatic heterocycles. The molecule has 17 heavy (non-hydrogen) atoms. The van der Waals surface area contributed by atoms with Gasteiger partial charge < -0.3 is 25.0 Å². The second kappa shape index (κ2) is 4.41. The number of nitro groups is 1. The SMILES string of the molecule is O=[N+]([O-])c1c[nH]cc1[C@@H]1O[C@H](CO)[C@@H](O)[C@H]1O. The maximum atomic E-state index is 10.7. The average Bonchev–Trinajstić information content (AvgIpc) is 2.86. The molecule has 0 saturated carbocycles. The first-order valence-electron chi connectivity index (χ1n) is 4.99.